The van der Waals surface area contributed by atoms with E-state index in [1.165, 1.54) is 60.1 Å². The summed E-state index contributed by atoms with van der Waals surface area (Å²) >= 11 is 0. The molecule has 1 aromatic carbocycles. The Morgan fingerprint density at radius 3 is 2.23 bits per heavy atom. The number of aliphatic imine (C=N–C) groups is 1. The van der Waals surface area contributed by atoms with Crippen molar-refractivity contribution in [2.75, 3.05) is 14.2 Å². The summed E-state index contributed by atoms with van der Waals surface area (Å²) in [7, 11) is 2.77. The van der Waals surface area contributed by atoms with Crippen molar-refractivity contribution >= 4 is 35.4 Å². The maximum atomic E-state index is 14.1. The lowest BCUT2D eigenvalue weighted by Gasteiger charge is -2.38. The first kappa shape index (κ1) is 40.8. The summed E-state index contributed by atoms with van der Waals surface area (Å²) in [5.74, 6) is -9.32. The Hall–Kier alpha value is -4.92. The van der Waals surface area contributed by atoms with Crippen LogP contribution in [0.4, 0.5) is 0 Å². The lowest BCUT2D eigenvalue weighted by Crippen LogP contribution is -2.46. The van der Waals surface area contributed by atoms with Crippen molar-refractivity contribution in [3.8, 4) is 11.5 Å². The number of amides is 1. The Morgan fingerprint density at radius 2 is 1.62 bits per heavy atom. The molecule has 3 heterocycles. The van der Waals surface area contributed by atoms with Crippen molar-refractivity contribution in [2.24, 2.45) is 28.7 Å². The number of aliphatic hydroxyl groups is 2. The van der Waals surface area contributed by atoms with Gasteiger partial charge in [-0.15, -0.1) is 0 Å². The van der Waals surface area contributed by atoms with Crippen LogP contribution in [-0.2, 0) is 23.8 Å². The molecule has 9 atom stereocenters. The highest BCUT2D eigenvalue weighted by atomic mass is 16.7. The minimum absolute atomic E-state index is 0.0136. The number of ether oxygens (including phenoxy) is 4. The smallest absolute Gasteiger partial charge is 0.312 e. The number of Topliss-reactive ketones (excluding diaryl/α,β-unsaturated/α-hetero) is 3. The van der Waals surface area contributed by atoms with Gasteiger partial charge in [0.2, 0.25) is 5.78 Å². The maximum absolute atomic E-state index is 14.1. The molecule has 0 saturated heterocycles. The van der Waals surface area contributed by atoms with E-state index in [0.29, 0.717) is 0 Å². The quantitative estimate of drug-likeness (QED) is 0.259. The molecule has 14 heteroatoms. The number of ketones is 3. The molecule has 1 amide bonds. The number of allylic oxidation sites excluding steroid dienone is 4. The summed E-state index contributed by atoms with van der Waals surface area (Å²) in [6.07, 6.45) is 4.42. The van der Waals surface area contributed by atoms with E-state index >= 15 is 0 Å². The van der Waals surface area contributed by atoms with Gasteiger partial charge in [0.05, 0.1) is 46.8 Å². The van der Waals surface area contributed by atoms with Gasteiger partial charge in [-0.05, 0) is 19.9 Å². The second kappa shape index (κ2) is 16.0. The molecule has 3 aliphatic heterocycles. The Kier molecular flexibility index (Phi) is 12.3. The van der Waals surface area contributed by atoms with E-state index in [0.717, 1.165) is 12.5 Å². The van der Waals surface area contributed by atoms with Gasteiger partial charge in [-0.3, -0.25) is 29.0 Å². The van der Waals surface area contributed by atoms with Crippen LogP contribution in [-0.4, -0.2) is 95.1 Å². The summed E-state index contributed by atoms with van der Waals surface area (Å²) in [5.41, 5.74) is -1.85. The molecule has 53 heavy (non-hydrogen) atoms. The Bertz CT molecular complexity index is 1860. The molecule has 9 unspecified atom stereocenters. The number of aromatic hydroxyl groups is 1. The second-order valence-corrected chi connectivity index (χ2v) is 14.0. The number of rotatable bonds is 3. The molecule has 0 saturated carbocycles. The SMILES string of the molecule is CN=CC1=C2NC(=O)C(C)=CC=CC(C)C(O)C(C)C(O)C(C)C(OC(C)=O)C(C)C(OC)C=COC3(C)Oc4c(C)c(O)c(c(c4C3=O)C1=O)C2=O. The molecule has 0 spiro atoms. The summed E-state index contributed by atoms with van der Waals surface area (Å²) in [6.45, 7) is 12.3. The molecule has 14 nitrogen and oxygen atoms in total. The Morgan fingerprint density at radius 1 is 0.962 bits per heavy atom. The number of hydrogen-bond acceptors (Lipinski definition) is 13. The van der Waals surface area contributed by atoms with E-state index in [2.05, 4.69) is 10.3 Å². The zero-order valence-corrected chi connectivity index (χ0v) is 31.5. The third kappa shape index (κ3) is 7.62. The maximum Gasteiger partial charge on any atom is 0.312 e. The van der Waals surface area contributed by atoms with Gasteiger partial charge in [-0.2, -0.15) is 0 Å². The summed E-state index contributed by atoms with van der Waals surface area (Å²) < 4.78 is 23.2. The summed E-state index contributed by atoms with van der Waals surface area (Å²) in [5, 5.41) is 36.4. The van der Waals surface area contributed by atoms with Gasteiger partial charge in [0.25, 0.3) is 11.7 Å². The molecule has 0 fully saturated rings. The zero-order valence-electron chi connectivity index (χ0n) is 31.5. The average molecular weight is 737 g/mol. The van der Waals surface area contributed by atoms with Crippen LogP contribution >= 0.6 is 0 Å². The molecule has 4 N–H and O–H groups in total. The monoisotopic (exact) mass is 736 g/mol. The number of hydrogen-bond donors (Lipinski definition) is 4. The lowest BCUT2D eigenvalue weighted by molar-refractivity contribution is -0.160. The van der Waals surface area contributed by atoms with Gasteiger partial charge in [0.15, 0.2) is 5.78 Å². The van der Waals surface area contributed by atoms with E-state index in [1.54, 1.807) is 33.8 Å². The van der Waals surface area contributed by atoms with Crippen LogP contribution in [0.2, 0.25) is 0 Å². The predicted octanol–water partition coefficient (Wildman–Crippen LogP) is 3.70. The number of esters is 1. The fourth-order valence-corrected chi connectivity index (χ4v) is 6.97. The molecule has 1 aliphatic carbocycles. The van der Waals surface area contributed by atoms with E-state index in [-0.39, 0.29) is 28.0 Å². The minimum atomic E-state index is -2.07. The Labute approximate surface area is 308 Å². The number of aliphatic hydroxyl groups excluding tert-OH is 2. The number of methoxy groups -OCH3 is 1. The third-order valence-corrected chi connectivity index (χ3v) is 10.3. The van der Waals surface area contributed by atoms with E-state index < -0.39 is 106 Å². The second-order valence-electron chi connectivity index (χ2n) is 14.0. The van der Waals surface area contributed by atoms with E-state index in [9.17, 15) is 39.3 Å². The first-order valence-corrected chi connectivity index (χ1v) is 17.3. The normalized spacial score (nSPS) is 31.4. The Balaban J connectivity index is 1.90. The van der Waals surface area contributed by atoms with Crippen LogP contribution in [0, 0.1) is 30.6 Å². The largest absolute Gasteiger partial charge is 0.507 e. The first-order valence-electron chi connectivity index (χ1n) is 17.3. The van der Waals surface area contributed by atoms with Gasteiger partial charge in [0, 0.05) is 69.0 Å². The number of carbonyl (C=O) groups is 5. The van der Waals surface area contributed by atoms with Crippen molar-refractivity contribution in [3.63, 3.8) is 0 Å². The van der Waals surface area contributed by atoms with Crippen molar-refractivity contribution < 1.29 is 58.2 Å². The van der Waals surface area contributed by atoms with Crippen molar-refractivity contribution in [1.82, 2.24) is 5.32 Å². The molecule has 1 aromatic rings. The molecular weight excluding hydrogens is 688 g/mol. The number of carbonyl (C=O) groups excluding carboxylic acids is 5. The average Bonchev–Trinajstić information content (AvgIpc) is 3.38. The van der Waals surface area contributed by atoms with Crippen LogP contribution in [0.25, 0.3) is 0 Å². The van der Waals surface area contributed by atoms with Gasteiger partial charge in [-0.25, -0.2) is 0 Å². The lowest BCUT2D eigenvalue weighted by atomic mass is 9.78. The van der Waals surface area contributed by atoms with E-state index in [4.69, 9.17) is 18.9 Å². The minimum Gasteiger partial charge on any atom is -0.507 e. The number of nitrogens with one attached hydrogen (secondary N) is 1. The van der Waals surface area contributed by atoms with Crippen LogP contribution in [0.3, 0.4) is 0 Å². The van der Waals surface area contributed by atoms with Crippen LogP contribution in [0.5, 0.6) is 11.5 Å². The molecule has 4 aliphatic rings. The van der Waals surface area contributed by atoms with Crippen LogP contribution in [0.15, 0.2) is 52.4 Å². The van der Waals surface area contributed by atoms with Crippen molar-refractivity contribution in [2.45, 2.75) is 85.6 Å². The van der Waals surface area contributed by atoms with Gasteiger partial charge in [0.1, 0.15) is 23.3 Å². The third-order valence-electron chi connectivity index (χ3n) is 10.3. The molecule has 0 aromatic heterocycles. The summed E-state index contributed by atoms with van der Waals surface area (Å²) in [4.78, 5) is 71.8. The van der Waals surface area contributed by atoms with Crippen molar-refractivity contribution in [1.29, 1.82) is 0 Å². The zero-order chi connectivity index (χ0) is 39.7. The molecular formula is C39H48N2O12. The molecule has 286 valence electrons. The highest BCUT2D eigenvalue weighted by molar-refractivity contribution is 6.37. The molecule has 5 bridgehead atoms. The van der Waals surface area contributed by atoms with Crippen LogP contribution in [0.1, 0.15) is 85.1 Å². The van der Waals surface area contributed by atoms with Gasteiger partial charge >= 0.3 is 11.8 Å². The predicted molar refractivity (Wildman–Crippen MR) is 193 cm³/mol. The number of fused-ring (bicyclic) bond motifs is 14. The van der Waals surface area contributed by atoms with Gasteiger partial charge < -0.3 is 39.6 Å². The van der Waals surface area contributed by atoms with Gasteiger partial charge in [-0.1, -0.05) is 45.9 Å². The van der Waals surface area contributed by atoms with Crippen molar-refractivity contribution in [3.05, 3.63) is 69.7 Å². The number of nitrogens with zero attached hydrogens (tertiary/aromatic N) is 1. The number of phenols is 1. The topological polar surface area (TPSA) is 207 Å². The highest BCUT2D eigenvalue weighted by Crippen LogP contribution is 2.48. The number of phenolic OH excluding ortho intramolecular Hbond substituents is 1. The molecule has 5 rings (SSSR count). The fraction of sp³-hybridized carbons (Fsp3) is 0.487. The standard InChI is InChI=1S/C39H48N2O12/c1-17-12-11-13-18(2)38(49)41-29-24(16-40-9)33(46)26-27(34(29)47)32(45)22(6)36-28(26)37(48)39(8,53-36)51-15-14-25(50-10)19(3)35(52-23(7)42)21(5)31(44)20(4)30(17)43/h11-17,19-21,25,30-31,35,43-45H,1-10H3,(H,41,49). The first-order chi connectivity index (χ1) is 24.8. The van der Waals surface area contributed by atoms with Crippen LogP contribution < -0.4 is 10.1 Å². The number of benzene rings is 1. The molecule has 0 radical (unpaired) electrons. The summed E-state index contributed by atoms with van der Waals surface area (Å²) in [6, 6.07) is 0. The fourth-order valence-electron chi connectivity index (χ4n) is 6.97. The van der Waals surface area contributed by atoms with E-state index in [1.807, 2.05) is 0 Å². The highest BCUT2D eigenvalue weighted by Gasteiger charge is 2.52.